The van der Waals surface area contributed by atoms with Crippen LogP contribution < -0.4 is 10.1 Å². The summed E-state index contributed by atoms with van der Waals surface area (Å²) in [4.78, 5) is 0. The first-order valence-corrected chi connectivity index (χ1v) is 6.84. The average Bonchev–Trinajstić information content (AvgIpc) is 2.70. The monoisotopic (exact) mass is 267 g/mol. The summed E-state index contributed by atoms with van der Waals surface area (Å²) in [5.74, 6) is -0.0363. The van der Waals surface area contributed by atoms with Crippen molar-refractivity contribution in [1.29, 1.82) is 0 Å². The quantitative estimate of drug-likeness (QED) is 0.884. The molecule has 1 aromatic carbocycles. The molecule has 0 radical (unpaired) electrons. The number of anilines is 1. The van der Waals surface area contributed by atoms with E-state index >= 15 is 0 Å². The van der Waals surface area contributed by atoms with Gasteiger partial charge in [0.15, 0.2) is 11.6 Å². The van der Waals surface area contributed by atoms with Crippen LogP contribution in [0.15, 0.2) is 18.2 Å². The molecular weight excluding hydrogens is 245 g/mol. The van der Waals surface area contributed by atoms with Crippen molar-refractivity contribution in [2.45, 2.75) is 45.3 Å². The van der Waals surface area contributed by atoms with Crippen molar-refractivity contribution < 1.29 is 13.9 Å². The van der Waals surface area contributed by atoms with Crippen molar-refractivity contribution in [3.05, 3.63) is 24.0 Å². The first kappa shape index (κ1) is 14.1. The highest BCUT2D eigenvalue weighted by Crippen LogP contribution is 2.29. The largest absolute Gasteiger partial charge is 0.491 e. The molecule has 3 nitrogen and oxygen atoms in total. The Labute approximate surface area is 114 Å². The third-order valence-electron chi connectivity index (χ3n) is 3.32. The molecule has 0 saturated carbocycles. The molecule has 19 heavy (non-hydrogen) atoms. The summed E-state index contributed by atoms with van der Waals surface area (Å²) in [7, 11) is 0. The fourth-order valence-electron chi connectivity index (χ4n) is 2.34. The molecular formula is C15H22FNO2. The van der Waals surface area contributed by atoms with Gasteiger partial charge in [-0.3, -0.25) is 0 Å². The molecule has 1 unspecified atom stereocenters. The van der Waals surface area contributed by atoms with Crippen LogP contribution in [0.2, 0.25) is 0 Å². The van der Waals surface area contributed by atoms with E-state index < -0.39 is 0 Å². The lowest BCUT2D eigenvalue weighted by molar-refractivity contribution is -0.00911. The predicted molar refractivity (Wildman–Crippen MR) is 74.2 cm³/mol. The molecule has 1 saturated heterocycles. The average molecular weight is 267 g/mol. The van der Waals surface area contributed by atoms with Gasteiger partial charge in [-0.15, -0.1) is 0 Å². The third kappa shape index (κ3) is 3.83. The standard InChI is InChI=1S/C15H22FNO2/c1-4-18-14-6-5-11(9-13(14)16)17-10-12-7-8-15(2,3)19-12/h5-6,9,12,17H,4,7-8,10H2,1-3H3. The van der Waals surface area contributed by atoms with Gasteiger partial charge in [-0.1, -0.05) is 0 Å². The van der Waals surface area contributed by atoms with Gasteiger partial charge in [0.1, 0.15) is 0 Å². The fourth-order valence-corrected chi connectivity index (χ4v) is 2.34. The Morgan fingerprint density at radius 3 is 2.84 bits per heavy atom. The molecule has 1 fully saturated rings. The van der Waals surface area contributed by atoms with Crippen molar-refractivity contribution in [3.8, 4) is 5.75 Å². The van der Waals surface area contributed by atoms with Gasteiger partial charge in [-0.25, -0.2) is 4.39 Å². The van der Waals surface area contributed by atoms with Crippen LogP contribution in [-0.2, 0) is 4.74 Å². The molecule has 0 aliphatic carbocycles. The molecule has 106 valence electrons. The Balaban J connectivity index is 1.88. The summed E-state index contributed by atoms with van der Waals surface area (Å²) in [6.45, 7) is 7.21. The molecule has 0 spiro atoms. The summed E-state index contributed by atoms with van der Waals surface area (Å²) < 4.78 is 24.7. The Morgan fingerprint density at radius 1 is 1.47 bits per heavy atom. The van der Waals surface area contributed by atoms with Gasteiger partial charge < -0.3 is 14.8 Å². The van der Waals surface area contributed by atoms with Crippen LogP contribution in [0.4, 0.5) is 10.1 Å². The van der Waals surface area contributed by atoms with E-state index in [4.69, 9.17) is 9.47 Å². The first-order chi connectivity index (χ1) is 9.00. The lowest BCUT2D eigenvalue weighted by atomic mass is 10.1. The summed E-state index contributed by atoms with van der Waals surface area (Å²) in [5, 5.41) is 3.21. The lowest BCUT2D eigenvalue weighted by Gasteiger charge is -2.20. The topological polar surface area (TPSA) is 30.5 Å². The van der Waals surface area contributed by atoms with Gasteiger partial charge >= 0.3 is 0 Å². The van der Waals surface area contributed by atoms with Crippen molar-refractivity contribution >= 4 is 5.69 Å². The zero-order valence-electron chi connectivity index (χ0n) is 11.8. The van der Waals surface area contributed by atoms with Gasteiger partial charge in [0.25, 0.3) is 0 Å². The number of benzene rings is 1. The van der Waals surface area contributed by atoms with Crippen molar-refractivity contribution in [3.63, 3.8) is 0 Å². The maximum atomic E-state index is 13.7. The number of rotatable bonds is 5. The van der Waals surface area contributed by atoms with E-state index in [1.807, 2.05) is 13.0 Å². The van der Waals surface area contributed by atoms with Crippen LogP contribution in [-0.4, -0.2) is 24.9 Å². The maximum Gasteiger partial charge on any atom is 0.167 e. The number of hydrogen-bond donors (Lipinski definition) is 1. The Hall–Kier alpha value is -1.29. The van der Waals surface area contributed by atoms with Gasteiger partial charge in [-0.05, 0) is 45.7 Å². The van der Waals surface area contributed by atoms with E-state index in [-0.39, 0.29) is 17.5 Å². The molecule has 0 aromatic heterocycles. The van der Waals surface area contributed by atoms with Crippen LogP contribution in [0.3, 0.4) is 0 Å². The van der Waals surface area contributed by atoms with E-state index in [1.54, 1.807) is 6.07 Å². The molecule has 2 rings (SSSR count). The molecule has 4 heteroatoms. The van der Waals surface area contributed by atoms with E-state index in [1.165, 1.54) is 6.07 Å². The minimum Gasteiger partial charge on any atom is -0.491 e. The second kappa shape index (κ2) is 5.78. The van der Waals surface area contributed by atoms with Gasteiger partial charge in [0.2, 0.25) is 0 Å². The first-order valence-electron chi connectivity index (χ1n) is 6.84. The Bertz CT molecular complexity index is 434. The molecule has 0 amide bonds. The molecule has 1 atom stereocenters. The normalized spacial score (nSPS) is 21.4. The van der Waals surface area contributed by atoms with Crippen molar-refractivity contribution in [1.82, 2.24) is 0 Å². The molecule has 1 aliphatic heterocycles. The predicted octanol–water partition coefficient (Wildman–Crippen LogP) is 3.59. The van der Waals surface area contributed by atoms with Gasteiger partial charge in [0.05, 0.1) is 18.3 Å². The molecule has 1 aliphatic rings. The summed E-state index contributed by atoms with van der Waals surface area (Å²) in [6, 6.07) is 4.94. The highest BCUT2D eigenvalue weighted by Gasteiger charge is 2.31. The van der Waals surface area contributed by atoms with Gasteiger partial charge in [-0.2, -0.15) is 0 Å². The number of halogens is 1. The van der Waals surface area contributed by atoms with E-state index in [0.717, 1.165) is 18.5 Å². The summed E-state index contributed by atoms with van der Waals surface area (Å²) in [5.41, 5.74) is 0.727. The number of ether oxygens (including phenoxy) is 2. The highest BCUT2D eigenvalue weighted by atomic mass is 19.1. The lowest BCUT2D eigenvalue weighted by Crippen LogP contribution is -2.24. The smallest absolute Gasteiger partial charge is 0.167 e. The van der Waals surface area contributed by atoms with Gasteiger partial charge in [0, 0.05) is 18.3 Å². The second-order valence-corrected chi connectivity index (χ2v) is 5.50. The Kier molecular flexibility index (Phi) is 4.30. The van der Waals surface area contributed by atoms with Crippen molar-refractivity contribution in [2.24, 2.45) is 0 Å². The molecule has 1 heterocycles. The minimum atomic E-state index is -0.334. The number of nitrogens with one attached hydrogen (secondary N) is 1. The van der Waals surface area contributed by atoms with E-state index in [2.05, 4.69) is 19.2 Å². The summed E-state index contributed by atoms with van der Waals surface area (Å²) in [6.07, 6.45) is 2.31. The Morgan fingerprint density at radius 2 is 2.26 bits per heavy atom. The van der Waals surface area contributed by atoms with Crippen LogP contribution in [0, 0.1) is 5.82 Å². The zero-order valence-corrected chi connectivity index (χ0v) is 11.8. The third-order valence-corrected chi connectivity index (χ3v) is 3.32. The molecule has 1 aromatic rings. The fraction of sp³-hybridized carbons (Fsp3) is 0.600. The minimum absolute atomic E-state index is 0.0313. The van der Waals surface area contributed by atoms with E-state index in [9.17, 15) is 4.39 Å². The van der Waals surface area contributed by atoms with Crippen LogP contribution >= 0.6 is 0 Å². The van der Waals surface area contributed by atoms with Crippen molar-refractivity contribution in [2.75, 3.05) is 18.5 Å². The summed E-state index contributed by atoms with van der Waals surface area (Å²) >= 11 is 0. The zero-order chi connectivity index (χ0) is 13.9. The second-order valence-electron chi connectivity index (χ2n) is 5.50. The molecule has 1 N–H and O–H groups in total. The van der Waals surface area contributed by atoms with Crippen LogP contribution in [0.5, 0.6) is 5.75 Å². The number of hydrogen-bond acceptors (Lipinski definition) is 3. The van der Waals surface area contributed by atoms with Crippen LogP contribution in [0.1, 0.15) is 33.6 Å². The molecule has 0 bridgehead atoms. The maximum absolute atomic E-state index is 13.7. The van der Waals surface area contributed by atoms with E-state index in [0.29, 0.717) is 18.9 Å². The van der Waals surface area contributed by atoms with Crippen LogP contribution in [0.25, 0.3) is 0 Å². The highest BCUT2D eigenvalue weighted by molar-refractivity contribution is 5.47. The SMILES string of the molecule is CCOc1ccc(NCC2CCC(C)(C)O2)cc1F.